The van der Waals surface area contributed by atoms with Crippen molar-refractivity contribution in [2.24, 2.45) is 0 Å². The molecule has 1 aliphatic rings. The number of hydrogen-bond acceptors (Lipinski definition) is 6. The maximum atomic E-state index is 12.7. The molecule has 0 aliphatic carbocycles. The molecule has 0 spiro atoms. The van der Waals surface area contributed by atoms with Gasteiger partial charge in [0.25, 0.3) is 11.8 Å². The highest BCUT2D eigenvalue weighted by atomic mass is 16.6. The number of aromatic nitrogens is 2. The minimum absolute atomic E-state index is 0.0162. The van der Waals surface area contributed by atoms with Gasteiger partial charge in [-0.05, 0) is 33.4 Å². The van der Waals surface area contributed by atoms with Crippen LogP contribution in [0.4, 0.5) is 5.82 Å². The third-order valence-corrected chi connectivity index (χ3v) is 4.57. The molecule has 2 N–H and O–H groups in total. The predicted octanol–water partition coefficient (Wildman–Crippen LogP) is 1.55. The smallest absolute Gasteiger partial charge is 0.280 e. The number of rotatable bonds is 2. The van der Waals surface area contributed by atoms with E-state index in [0.29, 0.717) is 31.7 Å². The molecule has 3 rings (SSSR count). The minimum atomic E-state index is -0.328. The van der Waals surface area contributed by atoms with Gasteiger partial charge in [0.2, 0.25) is 11.5 Å². The van der Waals surface area contributed by atoms with Crippen LogP contribution in [0.2, 0.25) is 0 Å². The normalized spacial score (nSPS) is 15.2. The average molecular weight is 357 g/mol. The molecule has 2 amide bonds. The molecule has 0 bridgehead atoms. The molecule has 1 saturated heterocycles. The van der Waals surface area contributed by atoms with Gasteiger partial charge in [-0.25, -0.2) is 4.63 Å². The summed E-state index contributed by atoms with van der Waals surface area (Å²) < 4.78 is 4.47. The Morgan fingerprint density at radius 2 is 1.50 bits per heavy atom. The average Bonchev–Trinajstić information content (AvgIpc) is 3.06. The number of anilines is 1. The molecule has 0 saturated carbocycles. The second kappa shape index (κ2) is 6.78. The summed E-state index contributed by atoms with van der Waals surface area (Å²) in [7, 11) is 0. The molecule has 8 nitrogen and oxygen atoms in total. The summed E-state index contributed by atoms with van der Waals surface area (Å²) in [6.45, 7) is 8.15. The summed E-state index contributed by atoms with van der Waals surface area (Å²) in [5, 5.41) is 6.96. The van der Waals surface area contributed by atoms with Gasteiger partial charge in [0.05, 0.1) is 0 Å². The van der Waals surface area contributed by atoms with Crippen LogP contribution in [0.1, 0.15) is 47.2 Å². The van der Waals surface area contributed by atoms with E-state index in [4.69, 9.17) is 5.73 Å². The van der Waals surface area contributed by atoms with Gasteiger partial charge < -0.3 is 15.5 Å². The van der Waals surface area contributed by atoms with Crippen molar-refractivity contribution in [1.29, 1.82) is 0 Å². The summed E-state index contributed by atoms with van der Waals surface area (Å²) in [4.78, 5) is 28.4. The number of nitrogen functional groups attached to an aromatic ring is 1. The van der Waals surface area contributed by atoms with E-state index in [9.17, 15) is 9.59 Å². The number of nitrogens with zero attached hydrogens (tertiary/aromatic N) is 4. The lowest BCUT2D eigenvalue weighted by Gasteiger charge is -2.34. The Kier molecular flexibility index (Phi) is 4.67. The van der Waals surface area contributed by atoms with E-state index >= 15 is 0 Å². The highest BCUT2D eigenvalue weighted by Crippen LogP contribution is 2.22. The maximum absolute atomic E-state index is 12.7. The fraction of sp³-hybridized carbons (Fsp3) is 0.444. The van der Waals surface area contributed by atoms with Crippen LogP contribution in [0.25, 0.3) is 0 Å². The largest absolute Gasteiger partial charge is 0.379 e. The zero-order chi connectivity index (χ0) is 18.9. The summed E-state index contributed by atoms with van der Waals surface area (Å²) in [5.74, 6) is -0.377. The lowest BCUT2D eigenvalue weighted by atomic mass is 9.86. The van der Waals surface area contributed by atoms with Crippen LogP contribution < -0.4 is 5.73 Å². The van der Waals surface area contributed by atoms with Gasteiger partial charge in [0, 0.05) is 31.7 Å². The summed E-state index contributed by atoms with van der Waals surface area (Å²) in [6.07, 6.45) is 0. The Labute approximate surface area is 151 Å². The molecule has 1 fully saturated rings. The standard InChI is InChI=1S/C18H23N5O3/c1-18(2,3)13-6-4-12(5-7-13)16(24)22-8-10-23(11-9-22)17(25)14-15(19)21-26-20-14/h4-7H,8-11H2,1-3H3,(H2,19,21). The minimum Gasteiger partial charge on any atom is -0.379 e. The van der Waals surface area contributed by atoms with Gasteiger partial charge in [-0.2, -0.15) is 0 Å². The van der Waals surface area contributed by atoms with Crippen molar-refractivity contribution in [3.05, 3.63) is 41.1 Å². The first-order valence-corrected chi connectivity index (χ1v) is 8.54. The second-order valence-electron chi connectivity index (χ2n) is 7.41. The van der Waals surface area contributed by atoms with Gasteiger partial charge >= 0.3 is 0 Å². The first kappa shape index (κ1) is 17.9. The van der Waals surface area contributed by atoms with E-state index in [0.717, 1.165) is 0 Å². The van der Waals surface area contributed by atoms with E-state index in [1.807, 2.05) is 24.3 Å². The van der Waals surface area contributed by atoms with Gasteiger partial charge in [0.1, 0.15) is 0 Å². The van der Waals surface area contributed by atoms with Crippen LogP contribution in [0.3, 0.4) is 0 Å². The molecule has 138 valence electrons. The van der Waals surface area contributed by atoms with E-state index in [-0.39, 0.29) is 28.7 Å². The summed E-state index contributed by atoms with van der Waals surface area (Å²) in [6, 6.07) is 7.71. The highest BCUT2D eigenvalue weighted by Gasteiger charge is 2.28. The van der Waals surface area contributed by atoms with Gasteiger partial charge in [-0.15, -0.1) is 0 Å². The third kappa shape index (κ3) is 3.54. The summed E-state index contributed by atoms with van der Waals surface area (Å²) >= 11 is 0. The molecule has 0 unspecified atom stereocenters. The van der Waals surface area contributed by atoms with E-state index in [2.05, 4.69) is 35.7 Å². The van der Waals surface area contributed by atoms with Crippen molar-refractivity contribution in [2.45, 2.75) is 26.2 Å². The molecule has 26 heavy (non-hydrogen) atoms. The monoisotopic (exact) mass is 357 g/mol. The fourth-order valence-electron chi connectivity index (χ4n) is 2.90. The maximum Gasteiger partial charge on any atom is 0.280 e. The van der Waals surface area contributed by atoms with Crippen LogP contribution in [0, 0.1) is 0 Å². The lowest BCUT2D eigenvalue weighted by Crippen LogP contribution is -2.50. The molecular formula is C18H23N5O3. The number of nitrogens with two attached hydrogens (primary N) is 1. The van der Waals surface area contributed by atoms with Crippen LogP contribution in [0.5, 0.6) is 0 Å². The zero-order valence-electron chi connectivity index (χ0n) is 15.2. The number of carbonyl (C=O) groups excluding carboxylic acids is 2. The Hall–Kier alpha value is -2.90. The molecule has 0 radical (unpaired) electrons. The molecule has 2 aromatic rings. The number of carbonyl (C=O) groups is 2. The Morgan fingerprint density at radius 1 is 0.962 bits per heavy atom. The molecular weight excluding hydrogens is 334 g/mol. The van der Waals surface area contributed by atoms with Crippen molar-refractivity contribution < 1.29 is 14.2 Å². The molecule has 1 aromatic heterocycles. The Morgan fingerprint density at radius 3 is 1.96 bits per heavy atom. The van der Waals surface area contributed by atoms with Crippen LogP contribution in [0.15, 0.2) is 28.9 Å². The Balaban J connectivity index is 1.62. The van der Waals surface area contributed by atoms with Crippen LogP contribution >= 0.6 is 0 Å². The predicted molar refractivity (Wildman–Crippen MR) is 95.7 cm³/mol. The quantitative estimate of drug-likeness (QED) is 0.874. The number of hydrogen-bond donors (Lipinski definition) is 1. The fourth-order valence-corrected chi connectivity index (χ4v) is 2.90. The van der Waals surface area contributed by atoms with Gasteiger partial charge in [0.15, 0.2) is 0 Å². The van der Waals surface area contributed by atoms with E-state index in [1.54, 1.807) is 9.80 Å². The van der Waals surface area contributed by atoms with Crippen molar-refractivity contribution in [2.75, 3.05) is 31.9 Å². The third-order valence-electron chi connectivity index (χ3n) is 4.57. The van der Waals surface area contributed by atoms with Crippen LogP contribution in [-0.2, 0) is 5.41 Å². The van der Waals surface area contributed by atoms with E-state index < -0.39 is 0 Å². The van der Waals surface area contributed by atoms with Gasteiger partial charge in [-0.3, -0.25) is 9.59 Å². The van der Waals surface area contributed by atoms with Gasteiger partial charge in [-0.1, -0.05) is 32.9 Å². The summed E-state index contributed by atoms with van der Waals surface area (Å²) in [5.41, 5.74) is 7.47. The lowest BCUT2D eigenvalue weighted by molar-refractivity contribution is 0.0530. The molecule has 0 atom stereocenters. The number of benzene rings is 1. The zero-order valence-corrected chi connectivity index (χ0v) is 15.2. The highest BCUT2D eigenvalue weighted by molar-refractivity contribution is 5.97. The first-order valence-electron chi connectivity index (χ1n) is 8.54. The second-order valence-corrected chi connectivity index (χ2v) is 7.41. The van der Waals surface area contributed by atoms with Crippen molar-refractivity contribution in [1.82, 2.24) is 20.1 Å². The first-order chi connectivity index (χ1) is 12.3. The Bertz CT molecular complexity index is 799. The molecule has 1 aromatic carbocycles. The molecule has 2 heterocycles. The van der Waals surface area contributed by atoms with Crippen molar-refractivity contribution in [3.8, 4) is 0 Å². The number of piperazine rings is 1. The van der Waals surface area contributed by atoms with E-state index in [1.165, 1.54) is 5.56 Å². The topological polar surface area (TPSA) is 106 Å². The molecule has 8 heteroatoms. The van der Waals surface area contributed by atoms with Crippen molar-refractivity contribution >= 4 is 17.6 Å². The number of amides is 2. The SMILES string of the molecule is CC(C)(C)c1ccc(C(=O)N2CCN(C(=O)c3nonc3N)CC2)cc1. The van der Waals surface area contributed by atoms with Crippen molar-refractivity contribution in [3.63, 3.8) is 0 Å². The molecule has 1 aliphatic heterocycles. The van der Waals surface area contributed by atoms with Crippen LogP contribution in [-0.4, -0.2) is 58.1 Å².